The van der Waals surface area contributed by atoms with Gasteiger partial charge in [-0.05, 0) is 38.5 Å². The summed E-state index contributed by atoms with van der Waals surface area (Å²) in [5.41, 5.74) is 8.30. The van der Waals surface area contributed by atoms with Gasteiger partial charge in [-0.25, -0.2) is 0 Å². The molecule has 0 spiro atoms. The topological polar surface area (TPSA) is 38.5 Å². The van der Waals surface area contributed by atoms with Crippen molar-refractivity contribution in [3.05, 3.63) is 29.8 Å². The molecule has 1 aliphatic heterocycles. The molecule has 3 atom stereocenters. The van der Waals surface area contributed by atoms with E-state index in [9.17, 15) is 0 Å². The molecular formula is C14H22N2O. The highest BCUT2D eigenvalue weighted by molar-refractivity contribution is 5.48. The van der Waals surface area contributed by atoms with Crippen molar-refractivity contribution in [2.75, 3.05) is 18.0 Å². The number of hydrogen-bond donors (Lipinski definition) is 1. The Balaban J connectivity index is 2.11. The molecule has 17 heavy (non-hydrogen) atoms. The minimum absolute atomic E-state index is 0.103. The molecule has 1 aromatic rings. The highest BCUT2D eigenvalue weighted by Gasteiger charge is 2.22. The largest absolute Gasteiger partial charge is 0.372 e. The summed E-state index contributed by atoms with van der Waals surface area (Å²) in [5.74, 6) is 0. The van der Waals surface area contributed by atoms with Crippen molar-refractivity contribution in [3.8, 4) is 0 Å². The molecule has 3 heteroatoms. The van der Waals surface area contributed by atoms with E-state index in [0.717, 1.165) is 13.1 Å². The normalized spacial score (nSPS) is 26.9. The molecule has 1 heterocycles. The van der Waals surface area contributed by atoms with E-state index in [2.05, 4.69) is 43.0 Å². The zero-order chi connectivity index (χ0) is 12.4. The lowest BCUT2D eigenvalue weighted by atomic mass is 10.1. The molecule has 0 saturated carbocycles. The smallest absolute Gasteiger partial charge is 0.0726 e. The molecule has 1 fully saturated rings. The maximum atomic E-state index is 5.85. The maximum Gasteiger partial charge on any atom is 0.0726 e. The van der Waals surface area contributed by atoms with Crippen molar-refractivity contribution in [3.63, 3.8) is 0 Å². The molecule has 0 aromatic heterocycles. The molecule has 0 radical (unpaired) electrons. The Morgan fingerprint density at radius 2 is 1.71 bits per heavy atom. The van der Waals surface area contributed by atoms with Crippen LogP contribution < -0.4 is 10.6 Å². The highest BCUT2D eigenvalue weighted by atomic mass is 16.5. The number of ether oxygens (including phenoxy) is 1. The molecule has 0 aliphatic carbocycles. The quantitative estimate of drug-likeness (QED) is 0.853. The molecule has 2 rings (SSSR count). The van der Waals surface area contributed by atoms with E-state index < -0.39 is 0 Å². The summed E-state index contributed by atoms with van der Waals surface area (Å²) in [6.45, 7) is 8.18. The molecule has 0 unspecified atom stereocenters. The van der Waals surface area contributed by atoms with Crippen molar-refractivity contribution in [1.82, 2.24) is 0 Å². The van der Waals surface area contributed by atoms with Gasteiger partial charge in [0.25, 0.3) is 0 Å². The Hall–Kier alpha value is -1.06. The van der Waals surface area contributed by atoms with Gasteiger partial charge >= 0.3 is 0 Å². The summed E-state index contributed by atoms with van der Waals surface area (Å²) >= 11 is 0. The fourth-order valence-corrected chi connectivity index (χ4v) is 2.38. The minimum atomic E-state index is 0.103. The van der Waals surface area contributed by atoms with Crippen LogP contribution in [-0.2, 0) is 4.74 Å². The monoisotopic (exact) mass is 234 g/mol. The summed E-state index contributed by atoms with van der Waals surface area (Å²) in [6, 6.07) is 8.65. The first kappa shape index (κ1) is 12.4. The van der Waals surface area contributed by atoms with Crippen molar-refractivity contribution in [2.24, 2.45) is 5.73 Å². The van der Waals surface area contributed by atoms with Crippen LogP contribution in [0.5, 0.6) is 0 Å². The van der Waals surface area contributed by atoms with Gasteiger partial charge in [-0.15, -0.1) is 0 Å². The molecule has 3 nitrogen and oxygen atoms in total. The third-order valence-corrected chi connectivity index (χ3v) is 3.20. The molecule has 2 N–H and O–H groups in total. The van der Waals surface area contributed by atoms with Crippen LogP contribution in [0, 0.1) is 0 Å². The molecular weight excluding hydrogens is 212 g/mol. The van der Waals surface area contributed by atoms with E-state index in [4.69, 9.17) is 10.5 Å². The Morgan fingerprint density at radius 3 is 2.18 bits per heavy atom. The van der Waals surface area contributed by atoms with E-state index >= 15 is 0 Å². The average molecular weight is 234 g/mol. The van der Waals surface area contributed by atoms with Crippen LogP contribution in [0.2, 0.25) is 0 Å². The molecule has 94 valence electrons. The first-order valence-corrected chi connectivity index (χ1v) is 6.32. The van der Waals surface area contributed by atoms with Gasteiger partial charge in [-0.1, -0.05) is 12.1 Å². The third-order valence-electron chi connectivity index (χ3n) is 3.20. The third kappa shape index (κ3) is 2.99. The van der Waals surface area contributed by atoms with E-state index in [1.165, 1.54) is 11.3 Å². The summed E-state index contributed by atoms with van der Waals surface area (Å²) < 4.78 is 5.74. The maximum absolute atomic E-state index is 5.85. The fraction of sp³-hybridized carbons (Fsp3) is 0.571. The van der Waals surface area contributed by atoms with Crippen molar-refractivity contribution in [2.45, 2.75) is 39.0 Å². The van der Waals surface area contributed by atoms with Crippen LogP contribution in [0.25, 0.3) is 0 Å². The van der Waals surface area contributed by atoms with Crippen LogP contribution in [0.4, 0.5) is 5.69 Å². The van der Waals surface area contributed by atoms with Crippen LogP contribution in [0.1, 0.15) is 32.4 Å². The number of hydrogen-bond acceptors (Lipinski definition) is 3. The van der Waals surface area contributed by atoms with Gasteiger partial charge in [-0.3, -0.25) is 0 Å². The lowest BCUT2D eigenvalue weighted by molar-refractivity contribution is -0.00521. The van der Waals surface area contributed by atoms with E-state index in [1.54, 1.807) is 0 Å². The summed E-state index contributed by atoms with van der Waals surface area (Å²) in [6.07, 6.45) is 0.596. The van der Waals surface area contributed by atoms with Gasteiger partial charge in [-0.2, -0.15) is 0 Å². The second-order valence-electron chi connectivity index (χ2n) is 5.04. The summed E-state index contributed by atoms with van der Waals surface area (Å²) in [7, 11) is 0. The van der Waals surface area contributed by atoms with Crippen LogP contribution in [0.15, 0.2) is 24.3 Å². The lowest BCUT2D eigenvalue weighted by Crippen LogP contribution is -2.45. The summed E-state index contributed by atoms with van der Waals surface area (Å²) in [4.78, 5) is 2.38. The Kier molecular flexibility index (Phi) is 3.69. The van der Waals surface area contributed by atoms with Gasteiger partial charge in [0.1, 0.15) is 0 Å². The average Bonchev–Trinajstić information content (AvgIpc) is 2.28. The SMILES string of the molecule is C[C@@H]1CN(c2ccc([C@@H](C)N)cc2)C[C@H](C)O1. The first-order chi connectivity index (χ1) is 8.06. The molecule has 1 aliphatic rings. The number of nitrogens with zero attached hydrogens (tertiary/aromatic N) is 1. The second-order valence-corrected chi connectivity index (χ2v) is 5.04. The zero-order valence-electron chi connectivity index (χ0n) is 10.9. The van der Waals surface area contributed by atoms with E-state index in [0.29, 0.717) is 12.2 Å². The van der Waals surface area contributed by atoms with E-state index in [1.807, 2.05) is 6.92 Å². The molecule has 0 amide bonds. The van der Waals surface area contributed by atoms with E-state index in [-0.39, 0.29) is 6.04 Å². The number of rotatable bonds is 2. The molecule has 1 saturated heterocycles. The van der Waals surface area contributed by atoms with Crippen LogP contribution >= 0.6 is 0 Å². The van der Waals surface area contributed by atoms with Gasteiger partial charge in [0.15, 0.2) is 0 Å². The van der Waals surface area contributed by atoms with Gasteiger partial charge in [0, 0.05) is 24.8 Å². The van der Waals surface area contributed by atoms with Crippen molar-refractivity contribution in [1.29, 1.82) is 0 Å². The van der Waals surface area contributed by atoms with Gasteiger partial charge in [0.2, 0.25) is 0 Å². The minimum Gasteiger partial charge on any atom is -0.372 e. The highest BCUT2D eigenvalue weighted by Crippen LogP contribution is 2.22. The number of morpholine rings is 1. The van der Waals surface area contributed by atoms with Crippen molar-refractivity contribution < 1.29 is 4.74 Å². The van der Waals surface area contributed by atoms with Gasteiger partial charge < -0.3 is 15.4 Å². The number of benzene rings is 1. The van der Waals surface area contributed by atoms with Crippen molar-refractivity contribution >= 4 is 5.69 Å². The lowest BCUT2D eigenvalue weighted by Gasteiger charge is -2.37. The number of anilines is 1. The Morgan fingerprint density at radius 1 is 1.18 bits per heavy atom. The second kappa shape index (κ2) is 5.07. The first-order valence-electron chi connectivity index (χ1n) is 6.32. The Labute approximate surface area is 104 Å². The molecule has 1 aromatic carbocycles. The zero-order valence-corrected chi connectivity index (χ0v) is 10.9. The predicted octanol–water partition coefficient (Wildman–Crippen LogP) is 2.32. The predicted molar refractivity (Wildman–Crippen MR) is 71.3 cm³/mol. The standard InChI is InChI=1S/C14H22N2O/c1-10-8-16(9-11(2)17-10)14-6-4-13(5-7-14)12(3)15/h4-7,10-12H,8-9,15H2,1-3H3/t10-,11+,12-/m1/s1. The van der Waals surface area contributed by atoms with Crippen LogP contribution in [0.3, 0.4) is 0 Å². The fourth-order valence-electron chi connectivity index (χ4n) is 2.38. The summed E-state index contributed by atoms with van der Waals surface area (Å²) in [5, 5.41) is 0. The van der Waals surface area contributed by atoms with Gasteiger partial charge in [0.05, 0.1) is 12.2 Å². The number of nitrogens with two attached hydrogens (primary N) is 1. The Bertz CT molecular complexity index is 351. The van der Waals surface area contributed by atoms with Crippen LogP contribution in [-0.4, -0.2) is 25.3 Å². The molecule has 0 bridgehead atoms.